The SMILES string of the molecule is NC(=O)c1cccc(NC2CCCc3ccccc32)c1. The van der Waals surface area contributed by atoms with E-state index in [1.807, 2.05) is 18.2 Å². The van der Waals surface area contributed by atoms with Crippen LogP contribution in [0, 0.1) is 0 Å². The van der Waals surface area contributed by atoms with Gasteiger partial charge in [0.05, 0.1) is 6.04 Å². The highest BCUT2D eigenvalue weighted by Crippen LogP contribution is 2.32. The molecule has 1 amide bonds. The van der Waals surface area contributed by atoms with E-state index in [9.17, 15) is 4.79 Å². The second kappa shape index (κ2) is 5.37. The molecule has 0 bridgehead atoms. The summed E-state index contributed by atoms with van der Waals surface area (Å²) in [5, 5.41) is 3.52. The van der Waals surface area contributed by atoms with Gasteiger partial charge >= 0.3 is 0 Å². The van der Waals surface area contributed by atoms with Gasteiger partial charge in [0, 0.05) is 11.3 Å². The van der Waals surface area contributed by atoms with Crippen LogP contribution in [0.2, 0.25) is 0 Å². The van der Waals surface area contributed by atoms with Crippen LogP contribution in [0.25, 0.3) is 0 Å². The van der Waals surface area contributed by atoms with E-state index in [1.165, 1.54) is 17.5 Å². The molecule has 102 valence electrons. The first-order chi connectivity index (χ1) is 9.74. The Hall–Kier alpha value is -2.29. The van der Waals surface area contributed by atoms with Gasteiger partial charge < -0.3 is 11.1 Å². The number of amides is 1. The molecule has 1 aliphatic rings. The lowest BCUT2D eigenvalue weighted by Gasteiger charge is -2.27. The van der Waals surface area contributed by atoms with Crippen molar-refractivity contribution in [2.24, 2.45) is 5.73 Å². The molecule has 3 nitrogen and oxygen atoms in total. The van der Waals surface area contributed by atoms with Crippen LogP contribution >= 0.6 is 0 Å². The molecule has 0 aliphatic heterocycles. The van der Waals surface area contributed by atoms with E-state index in [-0.39, 0.29) is 0 Å². The Morgan fingerprint density at radius 1 is 1.15 bits per heavy atom. The van der Waals surface area contributed by atoms with Crippen molar-refractivity contribution in [1.29, 1.82) is 0 Å². The molecule has 0 fully saturated rings. The van der Waals surface area contributed by atoms with Crippen molar-refractivity contribution < 1.29 is 4.79 Å². The third kappa shape index (κ3) is 2.52. The van der Waals surface area contributed by atoms with Crippen LogP contribution in [0.3, 0.4) is 0 Å². The second-order valence-corrected chi connectivity index (χ2v) is 5.23. The molecule has 2 aromatic rings. The maximum Gasteiger partial charge on any atom is 0.248 e. The third-order valence-corrected chi connectivity index (χ3v) is 3.86. The van der Waals surface area contributed by atoms with Crippen molar-refractivity contribution in [2.75, 3.05) is 5.32 Å². The summed E-state index contributed by atoms with van der Waals surface area (Å²) in [6.45, 7) is 0. The Bertz CT molecular complexity index is 636. The summed E-state index contributed by atoms with van der Waals surface area (Å²) in [7, 11) is 0. The molecule has 1 unspecified atom stereocenters. The van der Waals surface area contributed by atoms with Crippen LogP contribution in [-0.4, -0.2) is 5.91 Å². The Kier molecular flexibility index (Phi) is 3.42. The fraction of sp³-hybridized carbons (Fsp3) is 0.235. The molecule has 0 saturated heterocycles. The normalized spacial score (nSPS) is 17.3. The van der Waals surface area contributed by atoms with Crippen molar-refractivity contribution in [3.8, 4) is 0 Å². The number of nitrogens with one attached hydrogen (secondary N) is 1. The van der Waals surface area contributed by atoms with Gasteiger partial charge in [0.2, 0.25) is 5.91 Å². The quantitative estimate of drug-likeness (QED) is 0.895. The minimum Gasteiger partial charge on any atom is -0.378 e. The van der Waals surface area contributed by atoms with Gasteiger partial charge in [-0.2, -0.15) is 0 Å². The van der Waals surface area contributed by atoms with Crippen LogP contribution in [0.4, 0.5) is 5.69 Å². The van der Waals surface area contributed by atoms with Crippen LogP contribution in [0.5, 0.6) is 0 Å². The predicted molar refractivity (Wildman–Crippen MR) is 80.7 cm³/mol. The number of nitrogens with two attached hydrogens (primary N) is 1. The molecule has 1 atom stereocenters. The van der Waals surface area contributed by atoms with Crippen molar-refractivity contribution in [1.82, 2.24) is 0 Å². The number of anilines is 1. The molecule has 0 saturated carbocycles. The van der Waals surface area contributed by atoms with Gasteiger partial charge in [0.15, 0.2) is 0 Å². The van der Waals surface area contributed by atoms with E-state index >= 15 is 0 Å². The van der Waals surface area contributed by atoms with Crippen molar-refractivity contribution in [2.45, 2.75) is 25.3 Å². The summed E-state index contributed by atoms with van der Waals surface area (Å²) in [5.74, 6) is -0.391. The molecule has 1 aliphatic carbocycles. The molecule has 3 N–H and O–H groups in total. The van der Waals surface area contributed by atoms with Crippen LogP contribution in [0.1, 0.15) is 40.4 Å². The van der Waals surface area contributed by atoms with Gasteiger partial charge in [0.25, 0.3) is 0 Å². The molecule has 20 heavy (non-hydrogen) atoms. The summed E-state index contributed by atoms with van der Waals surface area (Å²) < 4.78 is 0. The highest BCUT2D eigenvalue weighted by atomic mass is 16.1. The van der Waals surface area contributed by atoms with Crippen molar-refractivity contribution >= 4 is 11.6 Å². The zero-order chi connectivity index (χ0) is 13.9. The molecule has 0 heterocycles. The molecule has 3 heteroatoms. The monoisotopic (exact) mass is 266 g/mol. The van der Waals surface area contributed by atoms with E-state index in [4.69, 9.17) is 5.73 Å². The van der Waals surface area contributed by atoms with E-state index in [1.54, 1.807) is 6.07 Å². The highest BCUT2D eigenvalue weighted by molar-refractivity contribution is 5.93. The van der Waals surface area contributed by atoms with Crippen LogP contribution in [-0.2, 0) is 6.42 Å². The van der Waals surface area contributed by atoms with Crippen LogP contribution in [0.15, 0.2) is 48.5 Å². The number of carbonyl (C=O) groups excluding carboxylic acids is 1. The summed E-state index contributed by atoms with van der Waals surface area (Å²) in [4.78, 5) is 11.2. The summed E-state index contributed by atoms with van der Waals surface area (Å²) >= 11 is 0. The van der Waals surface area contributed by atoms with Gasteiger partial charge in [-0.05, 0) is 48.6 Å². The Labute approximate surface area is 118 Å². The number of carbonyl (C=O) groups is 1. The second-order valence-electron chi connectivity index (χ2n) is 5.23. The first kappa shape index (κ1) is 12.7. The average molecular weight is 266 g/mol. The van der Waals surface area contributed by atoms with Crippen molar-refractivity contribution in [3.05, 3.63) is 65.2 Å². The minimum absolute atomic E-state index is 0.308. The summed E-state index contributed by atoms with van der Waals surface area (Å²) in [6.07, 6.45) is 3.44. The van der Waals surface area contributed by atoms with Gasteiger partial charge in [-0.25, -0.2) is 0 Å². The fourth-order valence-corrected chi connectivity index (χ4v) is 2.87. The maximum atomic E-state index is 11.2. The van der Waals surface area contributed by atoms with E-state index < -0.39 is 5.91 Å². The number of aryl methyl sites for hydroxylation is 1. The van der Waals surface area contributed by atoms with E-state index in [2.05, 4.69) is 29.6 Å². The van der Waals surface area contributed by atoms with E-state index in [0.717, 1.165) is 18.5 Å². The van der Waals surface area contributed by atoms with Crippen molar-refractivity contribution in [3.63, 3.8) is 0 Å². The molecule has 2 aromatic carbocycles. The summed E-state index contributed by atoms with van der Waals surface area (Å²) in [6, 6.07) is 16.3. The molecule has 0 aromatic heterocycles. The van der Waals surface area contributed by atoms with Gasteiger partial charge in [-0.3, -0.25) is 4.79 Å². The number of hydrogen-bond acceptors (Lipinski definition) is 2. The standard InChI is InChI=1S/C17H18N2O/c18-17(20)13-7-3-8-14(11-13)19-16-10-4-6-12-5-1-2-9-15(12)16/h1-3,5,7-9,11,16,19H,4,6,10H2,(H2,18,20). The lowest BCUT2D eigenvalue weighted by Crippen LogP contribution is -2.18. The number of benzene rings is 2. The molecular weight excluding hydrogens is 248 g/mol. The maximum absolute atomic E-state index is 11.2. The minimum atomic E-state index is -0.391. The number of hydrogen-bond donors (Lipinski definition) is 2. The largest absolute Gasteiger partial charge is 0.378 e. The first-order valence-corrected chi connectivity index (χ1v) is 6.98. The topological polar surface area (TPSA) is 55.1 Å². The molecule has 3 rings (SSSR count). The Morgan fingerprint density at radius 2 is 2.00 bits per heavy atom. The smallest absolute Gasteiger partial charge is 0.248 e. The zero-order valence-corrected chi connectivity index (χ0v) is 11.3. The highest BCUT2D eigenvalue weighted by Gasteiger charge is 2.19. The zero-order valence-electron chi connectivity index (χ0n) is 11.3. The lowest BCUT2D eigenvalue weighted by molar-refractivity contribution is 0.100. The number of rotatable bonds is 3. The molecule has 0 spiro atoms. The van der Waals surface area contributed by atoms with Gasteiger partial charge in [0.1, 0.15) is 0 Å². The van der Waals surface area contributed by atoms with Gasteiger partial charge in [-0.1, -0.05) is 30.3 Å². The van der Waals surface area contributed by atoms with Gasteiger partial charge in [-0.15, -0.1) is 0 Å². The Balaban J connectivity index is 1.85. The predicted octanol–water partition coefficient (Wildman–Crippen LogP) is 3.28. The first-order valence-electron chi connectivity index (χ1n) is 6.98. The van der Waals surface area contributed by atoms with E-state index in [0.29, 0.717) is 11.6 Å². The third-order valence-electron chi connectivity index (χ3n) is 3.86. The van der Waals surface area contributed by atoms with Crippen LogP contribution < -0.4 is 11.1 Å². The Morgan fingerprint density at radius 3 is 2.85 bits per heavy atom. The average Bonchev–Trinajstić information content (AvgIpc) is 2.48. The fourth-order valence-electron chi connectivity index (χ4n) is 2.87. The number of fused-ring (bicyclic) bond motifs is 1. The summed E-state index contributed by atoms with van der Waals surface area (Å²) in [5.41, 5.74) is 9.60. The molecular formula is C17H18N2O. The number of primary amides is 1. The molecule has 0 radical (unpaired) electrons. The lowest BCUT2D eigenvalue weighted by atomic mass is 9.87.